The summed E-state index contributed by atoms with van der Waals surface area (Å²) in [5.74, 6) is 0.666. The first-order chi connectivity index (χ1) is 7.66. The van der Waals surface area contributed by atoms with Crippen molar-refractivity contribution in [3.05, 3.63) is 35.1 Å². The summed E-state index contributed by atoms with van der Waals surface area (Å²) in [6.45, 7) is 0.156. The minimum atomic E-state index is -0.411. The molecule has 0 saturated heterocycles. The molecule has 1 aromatic rings. The van der Waals surface area contributed by atoms with Gasteiger partial charge in [-0.05, 0) is 23.8 Å². The third-order valence-corrected chi connectivity index (χ3v) is 3.17. The number of rotatable bonds is 6. The highest BCUT2D eigenvalue weighted by molar-refractivity contribution is 7.98. The highest BCUT2D eigenvalue weighted by atomic mass is 32.2. The predicted octanol–water partition coefficient (Wildman–Crippen LogP) is 1.73. The molecule has 0 heterocycles. The molecule has 1 aromatic carbocycles. The Morgan fingerprint density at radius 1 is 1.50 bits per heavy atom. The van der Waals surface area contributed by atoms with Gasteiger partial charge in [0, 0.05) is 12.4 Å². The van der Waals surface area contributed by atoms with Crippen LogP contribution in [0.4, 0.5) is 4.39 Å². The molecule has 0 unspecified atom stereocenters. The molecule has 0 aliphatic heterocycles. The monoisotopic (exact) mass is 242 g/mol. The molecule has 0 aliphatic carbocycles. The largest absolute Gasteiger partial charge is 0.396 e. The van der Waals surface area contributed by atoms with E-state index in [2.05, 4.69) is 0 Å². The molecule has 1 rings (SSSR count). The smallest absolute Gasteiger partial charge is 0.138 e. The maximum absolute atomic E-state index is 13.7. The minimum absolute atomic E-state index is 0.153. The van der Waals surface area contributed by atoms with Crippen molar-refractivity contribution in [1.82, 2.24) is 0 Å². The number of hydrogen-bond donors (Lipinski definition) is 3. The summed E-state index contributed by atoms with van der Waals surface area (Å²) in [5, 5.41) is 15.8. The van der Waals surface area contributed by atoms with Crippen LogP contribution in [-0.2, 0) is 5.75 Å². The number of nitrogen functional groups attached to an aromatic ring is 1. The first-order valence-corrected chi connectivity index (χ1v) is 6.12. The molecule has 16 heavy (non-hydrogen) atoms. The van der Waals surface area contributed by atoms with Gasteiger partial charge in [0.1, 0.15) is 11.7 Å². The van der Waals surface area contributed by atoms with E-state index >= 15 is 0 Å². The number of nitrogens with one attached hydrogen (secondary N) is 1. The first-order valence-electron chi connectivity index (χ1n) is 4.97. The molecular formula is C11H15FN2OS. The molecule has 3 nitrogen and oxygen atoms in total. The summed E-state index contributed by atoms with van der Waals surface area (Å²) < 4.78 is 13.7. The number of nitrogens with two attached hydrogens (primary N) is 1. The molecule has 4 N–H and O–H groups in total. The SMILES string of the molecule is N=C(N)c1cccc(CSCCCO)c1F. The average molecular weight is 242 g/mol. The molecular weight excluding hydrogens is 227 g/mol. The Balaban J connectivity index is 2.66. The molecule has 0 atom stereocenters. The van der Waals surface area contributed by atoms with Gasteiger partial charge in [-0.3, -0.25) is 5.41 Å². The summed E-state index contributed by atoms with van der Waals surface area (Å²) in [7, 11) is 0. The lowest BCUT2D eigenvalue weighted by Crippen LogP contribution is -2.14. The van der Waals surface area contributed by atoms with Gasteiger partial charge in [0.15, 0.2) is 0 Å². The van der Waals surface area contributed by atoms with E-state index in [-0.39, 0.29) is 18.0 Å². The molecule has 0 aromatic heterocycles. The van der Waals surface area contributed by atoms with E-state index in [9.17, 15) is 4.39 Å². The van der Waals surface area contributed by atoms with Crippen molar-refractivity contribution in [2.45, 2.75) is 12.2 Å². The molecule has 5 heteroatoms. The fourth-order valence-corrected chi connectivity index (χ4v) is 2.17. The van der Waals surface area contributed by atoms with Gasteiger partial charge in [0.2, 0.25) is 0 Å². The van der Waals surface area contributed by atoms with Crippen molar-refractivity contribution in [1.29, 1.82) is 5.41 Å². The third-order valence-electron chi connectivity index (χ3n) is 2.07. The number of aliphatic hydroxyl groups is 1. The van der Waals surface area contributed by atoms with Crippen LogP contribution >= 0.6 is 11.8 Å². The lowest BCUT2D eigenvalue weighted by atomic mass is 10.1. The number of amidine groups is 1. The van der Waals surface area contributed by atoms with Crippen LogP contribution < -0.4 is 5.73 Å². The Morgan fingerprint density at radius 2 is 2.25 bits per heavy atom. The quantitative estimate of drug-likeness (QED) is 0.404. The maximum atomic E-state index is 13.7. The zero-order chi connectivity index (χ0) is 12.0. The van der Waals surface area contributed by atoms with Crippen LogP contribution in [0, 0.1) is 11.2 Å². The van der Waals surface area contributed by atoms with Crippen LogP contribution in [-0.4, -0.2) is 23.3 Å². The van der Waals surface area contributed by atoms with E-state index in [4.69, 9.17) is 16.2 Å². The Bertz CT molecular complexity index is 371. The molecule has 0 bridgehead atoms. The summed E-state index contributed by atoms with van der Waals surface area (Å²) >= 11 is 1.55. The molecule has 0 spiro atoms. The predicted molar refractivity (Wildman–Crippen MR) is 65.3 cm³/mol. The lowest BCUT2D eigenvalue weighted by Gasteiger charge is -2.06. The zero-order valence-corrected chi connectivity index (χ0v) is 9.69. The van der Waals surface area contributed by atoms with Crippen LogP contribution in [0.15, 0.2) is 18.2 Å². The van der Waals surface area contributed by atoms with Crippen LogP contribution in [0.2, 0.25) is 0 Å². The van der Waals surface area contributed by atoms with E-state index in [0.29, 0.717) is 17.7 Å². The second-order valence-corrected chi connectivity index (χ2v) is 4.43. The summed E-state index contributed by atoms with van der Waals surface area (Å²) in [6.07, 6.45) is 0.707. The normalized spacial score (nSPS) is 10.4. The lowest BCUT2D eigenvalue weighted by molar-refractivity contribution is 0.296. The van der Waals surface area contributed by atoms with E-state index in [0.717, 1.165) is 5.75 Å². The number of benzene rings is 1. The summed E-state index contributed by atoms with van der Waals surface area (Å²) in [6, 6.07) is 4.88. The van der Waals surface area contributed by atoms with Crippen LogP contribution in [0.5, 0.6) is 0 Å². The number of thioether (sulfide) groups is 1. The van der Waals surface area contributed by atoms with Gasteiger partial charge in [-0.2, -0.15) is 11.8 Å². The second kappa shape index (κ2) is 6.50. The second-order valence-electron chi connectivity index (χ2n) is 3.32. The van der Waals surface area contributed by atoms with Crippen molar-refractivity contribution < 1.29 is 9.50 Å². The fourth-order valence-electron chi connectivity index (χ4n) is 1.25. The fraction of sp³-hybridized carbons (Fsp3) is 0.364. The Morgan fingerprint density at radius 3 is 2.88 bits per heavy atom. The van der Waals surface area contributed by atoms with Crippen molar-refractivity contribution in [3.8, 4) is 0 Å². The van der Waals surface area contributed by atoms with Gasteiger partial charge in [0.05, 0.1) is 5.56 Å². The molecule has 0 saturated carbocycles. The van der Waals surface area contributed by atoms with E-state index in [1.165, 1.54) is 6.07 Å². The zero-order valence-electron chi connectivity index (χ0n) is 8.87. The van der Waals surface area contributed by atoms with Gasteiger partial charge in [-0.1, -0.05) is 12.1 Å². The summed E-state index contributed by atoms with van der Waals surface area (Å²) in [4.78, 5) is 0. The maximum Gasteiger partial charge on any atom is 0.138 e. The van der Waals surface area contributed by atoms with E-state index < -0.39 is 5.82 Å². The molecule has 0 fully saturated rings. The van der Waals surface area contributed by atoms with Crippen LogP contribution in [0.1, 0.15) is 17.5 Å². The standard InChI is InChI=1S/C11H15FN2OS/c12-10-8(7-16-6-2-5-15)3-1-4-9(10)11(13)14/h1,3-4,15H,2,5-7H2,(H3,13,14). The number of halogens is 1. The minimum Gasteiger partial charge on any atom is -0.396 e. The Hall–Kier alpha value is -1.07. The molecule has 0 amide bonds. The van der Waals surface area contributed by atoms with Gasteiger partial charge >= 0.3 is 0 Å². The van der Waals surface area contributed by atoms with Crippen LogP contribution in [0.25, 0.3) is 0 Å². The topological polar surface area (TPSA) is 70.1 Å². The Kier molecular flexibility index (Phi) is 5.28. The van der Waals surface area contributed by atoms with E-state index in [1.54, 1.807) is 23.9 Å². The van der Waals surface area contributed by atoms with Crippen molar-refractivity contribution in [3.63, 3.8) is 0 Å². The molecule has 88 valence electrons. The van der Waals surface area contributed by atoms with Crippen molar-refractivity contribution >= 4 is 17.6 Å². The van der Waals surface area contributed by atoms with E-state index in [1.807, 2.05) is 0 Å². The first kappa shape index (κ1) is 13.0. The van der Waals surface area contributed by atoms with Gasteiger partial charge in [-0.25, -0.2) is 4.39 Å². The van der Waals surface area contributed by atoms with Gasteiger partial charge in [-0.15, -0.1) is 0 Å². The highest BCUT2D eigenvalue weighted by Crippen LogP contribution is 2.18. The third kappa shape index (κ3) is 3.50. The van der Waals surface area contributed by atoms with Gasteiger partial charge < -0.3 is 10.8 Å². The summed E-state index contributed by atoms with van der Waals surface area (Å²) in [5.41, 5.74) is 5.97. The number of hydrogen-bond acceptors (Lipinski definition) is 3. The van der Waals surface area contributed by atoms with Crippen molar-refractivity contribution in [2.24, 2.45) is 5.73 Å². The van der Waals surface area contributed by atoms with Crippen LogP contribution in [0.3, 0.4) is 0 Å². The van der Waals surface area contributed by atoms with Crippen molar-refractivity contribution in [2.75, 3.05) is 12.4 Å². The molecule has 0 radical (unpaired) electrons. The average Bonchev–Trinajstić information content (AvgIpc) is 2.26. The van der Waals surface area contributed by atoms with Gasteiger partial charge in [0.25, 0.3) is 0 Å². The molecule has 0 aliphatic rings. The highest BCUT2D eigenvalue weighted by Gasteiger charge is 2.09. The number of aliphatic hydroxyl groups excluding tert-OH is 1. The Labute approximate surface area is 98.4 Å².